The minimum atomic E-state index is -3.68. The molecule has 10 nitrogen and oxygen atoms in total. The molecular weight excluding hydrogens is 572 g/mol. The van der Waals surface area contributed by atoms with E-state index in [1.54, 1.807) is 23.5 Å². The van der Waals surface area contributed by atoms with Crippen LogP contribution in [0.25, 0.3) is 21.1 Å². The summed E-state index contributed by atoms with van der Waals surface area (Å²) >= 11 is 8.21. The number of carbonyl (C=O) groups is 1. The first-order valence-corrected chi connectivity index (χ1v) is 15.4. The minimum absolute atomic E-state index is 0.193. The number of ether oxygens (including phenoxy) is 1. The molecule has 1 unspecified atom stereocenters. The van der Waals surface area contributed by atoms with E-state index in [1.807, 2.05) is 46.5 Å². The number of anilines is 2. The van der Waals surface area contributed by atoms with E-state index in [-0.39, 0.29) is 6.54 Å². The molecule has 0 aliphatic heterocycles. The lowest BCUT2D eigenvalue weighted by Gasteiger charge is -2.25. The van der Waals surface area contributed by atoms with Crippen LogP contribution in [0.4, 0.5) is 11.5 Å². The van der Waals surface area contributed by atoms with E-state index < -0.39 is 20.6 Å². The molecule has 1 amide bonds. The molecule has 0 aliphatic carbocycles. The van der Waals surface area contributed by atoms with Gasteiger partial charge in [0.25, 0.3) is 5.91 Å². The highest BCUT2D eigenvalue weighted by Crippen LogP contribution is 2.35. The smallest absolute Gasteiger partial charge is 0.255 e. The number of amides is 1. The Balaban J connectivity index is 1.31. The van der Waals surface area contributed by atoms with E-state index in [0.29, 0.717) is 40.1 Å². The normalized spacial score (nSPS) is 13.3. The Bertz CT molecular complexity index is 1820. The summed E-state index contributed by atoms with van der Waals surface area (Å²) < 4.78 is 33.3. The number of rotatable bonds is 10. The van der Waals surface area contributed by atoms with E-state index in [1.165, 1.54) is 20.3 Å². The third kappa shape index (κ3) is 5.48. The van der Waals surface area contributed by atoms with Crippen LogP contribution in [0.3, 0.4) is 0 Å². The molecule has 1 atom stereocenters. The fraction of sp³-hybridized carbons (Fsp3) is 0.222. The Morgan fingerprint density at radius 3 is 2.73 bits per heavy atom. The second-order valence-corrected chi connectivity index (χ2v) is 13.0. The van der Waals surface area contributed by atoms with Gasteiger partial charge in [-0.3, -0.25) is 10.1 Å². The number of hydrogen-bond donors (Lipinski definition) is 3. The zero-order valence-electron chi connectivity index (χ0n) is 21.9. The van der Waals surface area contributed by atoms with Crippen molar-refractivity contribution in [3.8, 4) is 11.5 Å². The van der Waals surface area contributed by atoms with Gasteiger partial charge in [-0.1, -0.05) is 11.6 Å². The zero-order valence-corrected chi connectivity index (χ0v) is 24.3. The molecular formula is C27H27ClN6O4S2. The number of hydrogen-bond acceptors (Lipinski definition) is 9. The fourth-order valence-electron chi connectivity index (χ4n) is 4.16. The molecule has 208 valence electrons. The Kier molecular flexibility index (Phi) is 7.69. The SMILES string of the molecule is CNC(C)(C(=O)NCCn1ccc2ncnc(Nc3ccc(Oc4ccc5ccsc5c4)c(Cl)c3)c21)S(C)(=O)=O. The van der Waals surface area contributed by atoms with Crippen LogP contribution in [0.1, 0.15) is 6.92 Å². The summed E-state index contributed by atoms with van der Waals surface area (Å²) in [5.74, 6) is 1.14. The number of nitrogens with zero attached hydrogens (tertiary/aromatic N) is 3. The highest BCUT2D eigenvalue weighted by Gasteiger charge is 2.41. The largest absolute Gasteiger partial charge is 0.456 e. The van der Waals surface area contributed by atoms with Gasteiger partial charge < -0.3 is 19.9 Å². The Labute approximate surface area is 240 Å². The third-order valence-electron chi connectivity index (χ3n) is 6.69. The average Bonchev–Trinajstić information content (AvgIpc) is 3.56. The molecule has 0 saturated heterocycles. The zero-order chi connectivity index (χ0) is 28.5. The Morgan fingerprint density at radius 2 is 1.98 bits per heavy atom. The van der Waals surface area contributed by atoms with Crippen molar-refractivity contribution in [3.63, 3.8) is 0 Å². The van der Waals surface area contributed by atoms with E-state index in [2.05, 4.69) is 32.0 Å². The molecule has 2 aromatic carbocycles. The average molecular weight is 599 g/mol. The van der Waals surface area contributed by atoms with Gasteiger partial charge in [0.15, 0.2) is 20.5 Å². The lowest BCUT2D eigenvalue weighted by molar-refractivity contribution is -0.123. The summed E-state index contributed by atoms with van der Waals surface area (Å²) in [7, 11) is -2.25. The Hall–Kier alpha value is -3.71. The first kappa shape index (κ1) is 27.8. The predicted molar refractivity (Wildman–Crippen MR) is 159 cm³/mol. The van der Waals surface area contributed by atoms with E-state index in [4.69, 9.17) is 16.3 Å². The summed E-state index contributed by atoms with van der Waals surface area (Å²) in [5, 5.41) is 12.2. The van der Waals surface area contributed by atoms with Crippen LogP contribution in [0.2, 0.25) is 5.02 Å². The maximum absolute atomic E-state index is 12.6. The van der Waals surface area contributed by atoms with Crippen molar-refractivity contribution < 1.29 is 17.9 Å². The van der Waals surface area contributed by atoms with Gasteiger partial charge in [-0.2, -0.15) is 0 Å². The highest BCUT2D eigenvalue weighted by atomic mass is 35.5. The number of halogens is 1. The van der Waals surface area contributed by atoms with Gasteiger partial charge in [0.2, 0.25) is 0 Å². The standard InChI is InChI=1S/C27H27ClN6O4S2/c1-27(29-2,40(3,36)37)26(35)30-10-12-34-11-8-21-24(34)25(32-16-31-21)33-18-5-7-22(20(28)14-18)38-19-6-4-17-9-13-39-23(17)15-19/h4-9,11,13-16,29H,10,12H2,1-3H3,(H,30,35)(H,31,32,33). The number of likely N-dealkylation sites (N-methyl/N-ethyl adjacent to an activating group) is 1. The molecule has 0 fully saturated rings. The summed E-state index contributed by atoms with van der Waals surface area (Å²) in [6.45, 7) is 1.89. The van der Waals surface area contributed by atoms with Crippen LogP contribution in [0.15, 0.2) is 66.4 Å². The van der Waals surface area contributed by atoms with Crippen molar-refractivity contribution >= 4 is 71.3 Å². The number of thiophene rings is 1. The molecule has 5 aromatic rings. The van der Waals surface area contributed by atoms with Crippen molar-refractivity contribution in [2.75, 3.05) is 25.2 Å². The van der Waals surface area contributed by atoms with Crippen molar-refractivity contribution in [3.05, 3.63) is 71.5 Å². The van der Waals surface area contributed by atoms with E-state index >= 15 is 0 Å². The Morgan fingerprint density at radius 1 is 1.15 bits per heavy atom. The topological polar surface area (TPSA) is 127 Å². The van der Waals surface area contributed by atoms with Gasteiger partial charge in [0, 0.05) is 35.9 Å². The number of carbonyl (C=O) groups excluding carboxylic acids is 1. The lowest BCUT2D eigenvalue weighted by Crippen LogP contribution is -2.58. The van der Waals surface area contributed by atoms with Gasteiger partial charge in [0.05, 0.1) is 10.5 Å². The van der Waals surface area contributed by atoms with Crippen LogP contribution in [0.5, 0.6) is 11.5 Å². The molecule has 0 spiro atoms. The molecule has 0 saturated carbocycles. The van der Waals surface area contributed by atoms with Crippen molar-refractivity contribution in [2.45, 2.75) is 18.3 Å². The fourth-order valence-corrected chi connectivity index (χ4v) is 5.98. The summed E-state index contributed by atoms with van der Waals surface area (Å²) in [4.78, 5) is 19.7. The molecule has 3 aromatic heterocycles. The predicted octanol–water partition coefficient (Wildman–Crippen LogP) is 4.93. The number of aromatic nitrogens is 3. The van der Waals surface area contributed by atoms with Crippen LogP contribution < -0.4 is 20.7 Å². The molecule has 3 N–H and O–H groups in total. The number of sulfone groups is 1. The first-order valence-electron chi connectivity index (χ1n) is 12.3. The van der Waals surface area contributed by atoms with Crippen molar-refractivity contribution in [1.82, 2.24) is 25.2 Å². The van der Waals surface area contributed by atoms with Gasteiger partial charge in [-0.15, -0.1) is 11.3 Å². The summed E-state index contributed by atoms with van der Waals surface area (Å²) in [6, 6.07) is 15.2. The van der Waals surface area contributed by atoms with Gasteiger partial charge in [-0.25, -0.2) is 18.4 Å². The van der Waals surface area contributed by atoms with Crippen LogP contribution in [-0.2, 0) is 21.2 Å². The summed E-state index contributed by atoms with van der Waals surface area (Å²) in [5.41, 5.74) is 2.12. The number of benzene rings is 2. The monoisotopic (exact) mass is 598 g/mol. The quantitative estimate of drug-likeness (QED) is 0.206. The second kappa shape index (κ2) is 11.0. The van der Waals surface area contributed by atoms with Gasteiger partial charge in [0.1, 0.15) is 23.3 Å². The molecule has 40 heavy (non-hydrogen) atoms. The number of fused-ring (bicyclic) bond motifs is 2. The minimum Gasteiger partial charge on any atom is -0.456 e. The van der Waals surface area contributed by atoms with Crippen LogP contribution in [-0.4, -0.2) is 53.6 Å². The van der Waals surface area contributed by atoms with Crippen molar-refractivity contribution in [2.24, 2.45) is 0 Å². The maximum Gasteiger partial charge on any atom is 0.255 e. The van der Waals surface area contributed by atoms with Crippen molar-refractivity contribution in [1.29, 1.82) is 0 Å². The van der Waals surface area contributed by atoms with Gasteiger partial charge >= 0.3 is 0 Å². The van der Waals surface area contributed by atoms with E-state index in [9.17, 15) is 13.2 Å². The first-order chi connectivity index (χ1) is 19.1. The van der Waals surface area contributed by atoms with Crippen LogP contribution >= 0.6 is 22.9 Å². The molecule has 0 aliphatic rings. The number of nitrogens with one attached hydrogen (secondary N) is 3. The molecule has 0 radical (unpaired) electrons. The molecule has 0 bridgehead atoms. The van der Waals surface area contributed by atoms with E-state index in [0.717, 1.165) is 21.9 Å². The maximum atomic E-state index is 12.6. The second-order valence-electron chi connectivity index (χ2n) is 9.27. The molecule has 3 heterocycles. The third-order valence-corrected chi connectivity index (χ3v) is 9.74. The van der Waals surface area contributed by atoms with Gasteiger partial charge in [-0.05, 0) is 73.3 Å². The highest BCUT2D eigenvalue weighted by molar-refractivity contribution is 7.92. The molecule has 5 rings (SSSR count). The van der Waals surface area contributed by atoms with Crippen LogP contribution in [0, 0.1) is 0 Å². The molecule has 13 heteroatoms. The lowest BCUT2D eigenvalue weighted by atomic mass is 10.2. The summed E-state index contributed by atoms with van der Waals surface area (Å²) in [6.07, 6.45) is 4.31.